The fourth-order valence-corrected chi connectivity index (χ4v) is 2.61. The molecule has 0 spiro atoms. The van der Waals surface area contributed by atoms with Crippen LogP contribution in [0.1, 0.15) is 54.5 Å². The van der Waals surface area contributed by atoms with Crippen LogP contribution in [-0.4, -0.2) is 5.78 Å². The van der Waals surface area contributed by atoms with Crippen LogP contribution in [0.25, 0.3) is 0 Å². The van der Waals surface area contributed by atoms with Gasteiger partial charge >= 0.3 is 0 Å². The highest BCUT2D eigenvalue weighted by Crippen LogP contribution is 2.34. The standard InChI is InChI=1S/C20H22O4/c1-2-16-12-18(22)19(23-13-15-6-4-3-5-7-15)20(24-16)17(21)11-10-14-8-9-14/h3-7,12,14H,2,8-11,13H2,1H3. The number of hydrogen-bond donors (Lipinski definition) is 0. The van der Waals surface area contributed by atoms with Gasteiger partial charge in [-0.05, 0) is 17.9 Å². The zero-order valence-electron chi connectivity index (χ0n) is 13.9. The summed E-state index contributed by atoms with van der Waals surface area (Å²) in [6.45, 7) is 2.13. The van der Waals surface area contributed by atoms with Gasteiger partial charge in [-0.2, -0.15) is 0 Å². The van der Waals surface area contributed by atoms with E-state index in [2.05, 4.69) is 0 Å². The van der Waals surface area contributed by atoms with Gasteiger partial charge in [0, 0.05) is 18.9 Å². The lowest BCUT2D eigenvalue weighted by Crippen LogP contribution is -2.15. The molecule has 1 aromatic heterocycles. The van der Waals surface area contributed by atoms with E-state index in [0.29, 0.717) is 24.5 Å². The summed E-state index contributed by atoms with van der Waals surface area (Å²) in [6.07, 6.45) is 4.23. The predicted molar refractivity (Wildman–Crippen MR) is 91.4 cm³/mol. The van der Waals surface area contributed by atoms with Gasteiger partial charge in [-0.3, -0.25) is 9.59 Å². The number of ketones is 1. The van der Waals surface area contributed by atoms with Crippen molar-refractivity contribution < 1.29 is 13.9 Å². The van der Waals surface area contributed by atoms with Crippen molar-refractivity contribution >= 4 is 5.78 Å². The average molecular weight is 326 g/mol. The molecule has 3 rings (SSSR count). The van der Waals surface area contributed by atoms with E-state index in [-0.39, 0.29) is 29.3 Å². The molecule has 0 aliphatic heterocycles. The average Bonchev–Trinajstić information content (AvgIpc) is 3.43. The molecule has 0 amide bonds. The summed E-state index contributed by atoms with van der Waals surface area (Å²) < 4.78 is 11.3. The first-order valence-corrected chi connectivity index (χ1v) is 8.54. The Morgan fingerprint density at radius 1 is 1.25 bits per heavy atom. The van der Waals surface area contributed by atoms with Crippen LogP contribution >= 0.6 is 0 Å². The highest BCUT2D eigenvalue weighted by atomic mass is 16.5. The van der Waals surface area contributed by atoms with Gasteiger partial charge in [0.1, 0.15) is 12.4 Å². The molecule has 2 aromatic rings. The second-order valence-corrected chi connectivity index (χ2v) is 6.27. The van der Waals surface area contributed by atoms with Crippen molar-refractivity contribution in [1.82, 2.24) is 0 Å². The van der Waals surface area contributed by atoms with Crippen molar-refractivity contribution in [3.05, 3.63) is 63.7 Å². The first kappa shape index (κ1) is 16.5. The van der Waals surface area contributed by atoms with E-state index in [1.165, 1.54) is 18.9 Å². The molecule has 0 saturated heterocycles. The van der Waals surface area contributed by atoms with Crippen LogP contribution in [0, 0.1) is 5.92 Å². The molecule has 126 valence electrons. The number of rotatable bonds is 8. The van der Waals surface area contributed by atoms with E-state index in [1.807, 2.05) is 37.3 Å². The van der Waals surface area contributed by atoms with E-state index in [1.54, 1.807) is 0 Å². The van der Waals surface area contributed by atoms with Crippen LogP contribution in [0.2, 0.25) is 0 Å². The minimum absolute atomic E-state index is 0.0387. The van der Waals surface area contributed by atoms with Gasteiger partial charge in [0.05, 0.1) is 0 Å². The maximum absolute atomic E-state index is 12.5. The van der Waals surface area contributed by atoms with Crippen LogP contribution in [0.3, 0.4) is 0 Å². The smallest absolute Gasteiger partial charge is 0.227 e. The molecule has 0 radical (unpaired) electrons. The lowest BCUT2D eigenvalue weighted by atomic mass is 10.1. The SMILES string of the molecule is CCc1cc(=O)c(OCc2ccccc2)c(C(=O)CCC2CC2)o1. The minimum atomic E-state index is -0.288. The topological polar surface area (TPSA) is 56.5 Å². The number of aryl methyl sites for hydroxylation is 1. The third kappa shape index (κ3) is 4.13. The summed E-state index contributed by atoms with van der Waals surface area (Å²) in [5, 5.41) is 0. The van der Waals surface area contributed by atoms with Crippen molar-refractivity contribution in [2.45, 2.75) is 45.6 Å². The first-order chi connectivity index (χ1) is 11.7. The zero-order chi connectivity index (χ0) is 16.9. The summed E-state index contributed by atoms with van der Waals surface area (Å²) in [7, 11) is 0. The van der Waals surface area contributed by atoms with Crippen molar-refractivity contribution in [2.24, 2.45) is 5.92 Å². The Labute approximate surface area is 141 Å². The lowest BCUT2D eigenvalue weighted by Gasteiger charge is -2.10. The molecule has 1 heterocycles. The number of ether oxygens (including phenoxy) is 1. The Kier molecular flexibility index (Phi) is 5.14. The van der Waals surface area contributed by atoms with Crippen molar-refractivity contribution in [3.8, 4) is 5.75 Å². The second-order valence-electron chi connectivity index (χ2n) is 6.27. The molecule has 1 aromatic carbocycles. The summed E-state index contributed by atoms with van der Waals surface area (Å²) in [4.78, 5) is 24.9. The third-order valence-corrected chi connectivity index (χ3v) is 4.26. The molecule has 24 heavy (non-hydrogen) atoms. The number of hydrogen-bond acceptors (Lipinski definition) is 4. The van der Waals surface area contributed by atoms with Gasteiger partial charge in [-0.25, -0.2) is 0 Å². The van der Waals surface area contributed by atoms with Crippen LogP contribution in [0.15, 0.2) is 45.6 Å². The molecule has 0 bridgehead atoms. The van der Waals surface area contributed by atoms with Gasteiger partial charge in [0.2, 0.25) is 22.7 Å². The van der Waals surface area contributed by atoms with Gasteiger partial charge in [0.25, 0.3) is 0 Å². The maximum Gasteiger partial charge on any atom is 0.227 e. The number of carbonyl (C=O) groups excluding carboxylic acids is 1. The van der Waals surface area contributed by atoms with Crippen molar-refractivity contribution in [1.29, 1.82) is 0 Å². The van der Waals surface area contributed by atoms with Crippen LogP contribution < -0.4 is 10.2 Å². The van der Waals surface area contributed by atoms with Crippen LogP contribution in [0.5, 0.6) is 5.75 Å². The van der Waals surface area contributed by atoms with Gasteiger partial charge in [-0.1, -0.05) is 50.1 Å². The molecular weight excluding hydrogens is 304 g/mol. The maximum atomic E-state index is 12.5. The van der Waals surface area contributed by atoms with Crippen LogP contribution in [0.4, 0.5) is 0 Å². The van der Waals surface area contributed by atoms with Crippen molar-refractivity contribution in [2.75, 3.05) is 0 Å². The molecule has 0 atom stereocenters. The minimum Gasteiger partial charge on any atom is -0.481 e. The quantitative estimate of drug-likeness (QED) is 0.684. The molecule has 4 nitrogen and oxygen atoms in total. The molecule has 0 N–H and O–H groups in total. The van der Waals surface area contributed by atoms with E-state index < -0.39 is 0 Å². The van der Waals surface area contributed by atoms with E-state index in [9.17, 15) is 9.59 Å². The molecule has 0 unspecified atom stereocenters. The fourth-order valence-electron chi connectivity index (χ4n) is 2.61. The first-order valence-electron chi connectivity index (χ1n) is 8.54. The second kappa shape index (κ2) is 7.47. The highest BCUT2D eigenvalue weighted by molar-refractivity contribution is 5.95. The molecule has 1 aliphatic rings. The largest absolute Gasteiger partial charge is 0.481 e. The lowest BCUT2D eigenvalue weighted by molar-refractivity contribution is 0.0938. The monoisotopic (exact) mass is 326 g/mol. The van der Waals surface area contributed by atoms with Crippen molar-refractivity contribution in [3.63, 3.8) is 0 Å². The Morgan fingerprint density at radius 3 is 2.67 bits per heavy atom. The fraction of sp³-hybridized carbons (Fsp3) is 0.400. The summed E-state index contributed by atoms with van der Waals surface area (Å²) >= 11 is 0. The number of benzene rings is 1. The molecule has 1 saturated carbocycles. The van der Waals surface area contributed by atoms with E-state index in [4.69, 9.17) is 9.15 Å². The third-order valence-electron chi connectivity index (χ3n) is 4.26. The van der Waals surface area contributed by atoms with E-state index >= 15 is 0 Å². The van der Waals surface area contributed by atoms with E-state index in [0.717, 1.165) is 12.0 Å². The summed E-state index contributed by atoms with van der Waals surface area (Å²) in [5.41, 5.74) is 0.650. The zero-order valence-corrected chi connectivity index (χ0v) is 13.9. The predicted octanol–water partition coefficient (Wildman–Crippen LogP) is 4.15. The molecular formula is C20H22O4. The van der Waals surface area contributed by atoms with Gasteiger partial charge in [-0.15, -0.1) is 0 Å². The highest BCUT2D eigenvalue weighted by Gasteiger charge is 2.25. The van der Waals surface area contributed by atoms with Gasteiger partial charge in [0.15, 0.2) is 0 Å². The molecule has 1 aliphatic carbocycles. The Morgan fingerprint density at radius 2 is 2.00 bits per heavy atom. The summed E-state index contributed by atoms with van der Waals surface area (Å²) in [6, 6.07) is 11.0. The number of Topliss-reactive ketones (excluding diaryl/α,β-unsaturated/α-hetero) is 1. The Hall–Kier alpha value is -2.36. The normalized spacial score (nSPS) is 13.7. The number of carbonyl (C=O) groups is 1. The molecule has 1 fully saturated rings. The van der Waals surface area contributed by atoms with Gasteiger partial charge < -0.3 is 9.15 Å². The summed E-state index contributed by atoms with van der Waals surface area (Å²) in [5.74, 6) is 1.15. The molecule has 4 heteroatoms. The Bertz CT molecular complexity index is 757. The Balaban J connectivity index is 1.82. The van der Waals surface area contributed by atoms with Crippen LogP contribution in [-0.2, 0) is 13.0 Å².